The Hall–Kier alpha value is -0.720. The SMILES string of the molecule is N#CC(Cl)COc1ccccc1Br. The van der Waals surface area contributed by atoms with Gasteiger partial charge in [0.15, 0.2) is 5.38 Å². The molecule has 0 radical (unpaired) electrons. The van der Waals surface area contributed by atoms with Gasteiger partial charge in [-0.2, -0.15) is 5.26 Å². The Morgan fingerprint density at radius 1 is 1.54 bits per heavy atom. The molecule has 0 aromatic heterocycles. The number of alkyl halides is 1. The molecule has 1 aromatic rings. The average molecular weight is 261 g/mol. The molecular formula is C9H7BrClNO. The second-order valence-corrected chi connectivity index (χ2v) is 3.72. The molecule has 1 unspecified atom stereocenters. The highest BCUT2D eigenvalue weighted by atomic mass is 79.9. The fourth-order valence-electron chi connectivity index (χ4n) is 0.762. The standard InChI is InChI=1S/C9H7BrClNO/c10-8-3-1-2-4-9(8)13-6-7(11)5-12/h1-4,7H,6H2. The first-order valence-corrected chi connectivity index (χ1v) is 4.88. The zero-order chi connectivity index (χ0) is 9.68. The van der Waals surface area contributed by atoms with Crippen molar-refractivity contribution in [1.82, 2.24) is 0 Å². The van der Waals surface area contributed by atoms with Crippen LogP contribution in [0.25, 0.3) is 0 Å². The van der Waals surface area contributed by atoms with Crippen molar-refractivity contribution in [3.63, 3.8) is 0 Å². The summed E-state index contributed by atoms with van der Waals surface area (Å²) in [5.41, 5.74) is 0. The van der Waals surface area contributed by atoms with Gasteiger partial charge >= 0.3 is 0 Å². The van der Waals surface area contributed by atoms with Crippen molar-refractivity contribution in [3.05, 3.63) is 28.7 Å². The molecule has 4 heteroatoms. The number of hydrogen-bond acceptors (Lipinski definition) is 2. The molecule has 1 aromatic carbocycles. The molecule has 0 amide bonds. The van der Waals surface area contributed by atoms with E-state index in [-0.39, 0.29) is 6.61 Å². The Balaban J connectivity index is 2.56. The summed E-state index contributed by atoms with van der Waals surface area (Å²) in [5, 5.41) is 7.80. The Labute approximate surface area is 90.2 Å². The Kier molecular flexibility index (Phi) is 4.07. The average Bonchev–Trinajstić information content (AvgIpc) is 2.16. The molecule has 0 spiro atoms. The van der Waals surface area contributed by atoms with Gasteiger partial charge in [0, 0.05) is 0 Å². The second kappa shape index (κ2) is 5.11. The zero-order valence-corrected chi connectivity index (χ0v) is 9.05. The highest BCUT2D eigenvalue weighted by molar-refractivity contribution is 9.10. The third-order valence-electron chi connectivity index (χ3n) is 1.36. The van der Waals surface area contributed by atoms with Gasteiger partial charge in [-0.1, -0.05) is 12.1 Å². The molecule has 0 aliphatic carbocycles. The maximum atomic E-state index is 8.41. The van der Waals surface area contributed by atoms with Gasteiger partial charge in [-0.15, -0.1) is 11.6 Å². The summed E-state index contributed by atoms with van der Waals surface area (Å²) in [4.78, 5) is 0. The summed E-state index contributed by atoms with van der Waals surface area (Å²) >= 11 is 8.88. The lowest BCUT2D eigenvalue weighted by atomic mass is 10.3. The van der Waals surface area contributed by atoms with Crippen LogP contribution in [-0.2, 0) is 0 Å². The fraction of sp³-hybridized carbons (Fsp3) is 0.222. The first kappa shape index (κ1) is 10.4. The first-order chi connectivity index (χ1) is 6.24. The quantitative estimate of drug-likeness (QED) is 0.783. The lowest BCUT2D eigenvalue weighted by Crippen LogP contribution is -2.09. The van der Waals surface area contributed by atoms with Gasteiger partial charge in [-0.05, 0) is 28.1 Å². The molecular weight excluding hydrogens is 253 g/mol. The summed E-state index contributed by atoms with van der Waals surface area (Å²) in [6, 6.07) is 9.30. The molecule has 2 nitrogen and oxygen atoms in total. The van der Waals surface area contributed by atoms with Crippen LogP contribution in [0.2, 0.25) is 0 Å². The van der Waals surface area contributed by atoms with Crippen LogP contribution in [0, 0.1) is 11.3 Å². The van der Waals surface area contributed by atoms with Crippen molar-refractivity contribution in [2.24, 2.45) is 0 Å². The number of hydrogen-bond donors (Lipinski definition) is 0. The number of ether oxygens (including phenoxy) is 1. The van der Waals surface area contributed by atoms with Crippen molar-refractivity contribution in [1.29, 1.82) is 5.26 Å². The topological polar surface area (TPSA) is 33.0 Å². The number of halogens is 2. The molecule has 0 aliphatic rings. The molecule has 68 valence electrons. The molecule has 1 rings (SSSR count). The van der Waals surface area contributed by atoms with Gasteiger partial charge in [-0.25, -0.2) is 0 Å². The molecule has 0 bridgehead atoms. The lowest BCUT2D eigenvalue weighted by Gasteiger charge is -2.07. The number of rotatable bonds is 3. The summed E-state index contributed by atoms with van der Waals surface area (Å²) in [6.07, 6.45) is 0. The number of nitrogens with zero attached hydrogens (tertiary/aromatic N) is 1. The molecule has 0 saturated carbocycles. The third-order valence-corrected chi connectivity index (χ3v) is 2.24. The van der Waals surface area contributed by atoms with Crippen LogP contribution in [0.4, 0.5) is 0 Å². The summed E-state index contributed by atoms with van der Waals surface area (Å²) < 4.78 is 6.15. The van der Waals surface area contributed by atoms with E-state index < -0.39 is 5.38 Å². The van der Waals surface area contributed by atoms with Gasteiger partial charge in [-0.3, -0.25) is 0 Å². The molecule has 0 heterocycles. The van der Waals surface area contributed by atoms with Crippen molar-refractivity contribution in [2.45, 2.75) is 5.38 Å². The fourth-order valence-corrected chi connectivity index (χ4v) is 1.22. The van der Waals surface area contributed by atoms with E-state index in [1.807, 2.05) is 30.3 Å². The Morgan fingerprint density at radius 3 is 2.85 bits per heavy atom. The lowest BCUT2D eigenvalue weighted by molar-refractivity contribution is 0.327. The molecule has 0 saturated heterocycles. The van der Waals surface area contributed by atoms with E-state index in [9.17, 15) is 0 Å². The Morgan fingerprint density at radius 2 is 2.23 bits per heavy atom. The van der Waals surface area contributed by atoms with Crippen LogP contribution in [-0.4, -0.2) is 12.0 Å². The third kappa shape index (κ3) is 3.25. The highest BCUT2D eigenvalue weighted by Crippen LogP contribution is 2.23. The van der Waals surface area contributed by atoms with E-state index in [0.717, 1.165) is 4.47 Å². The van der Waals surface area contributed by atoms with Gasteiger partial charge in [0.05, 0.1) is 10.5 Å². The molecule has 0 aliphatic heterocycles. The molecule has 0 fully saturated rings. The van der Waals surface area contributed by atoms with E-state index in [4.69, 9.17) is 21.6 Å². The summed E-state index contributed by atoms with van der Waals surface area (Å²) in [5.74, 6) is 0.698. The van der Waals surface area contributed by atoms with E-state index in [1.54, 1.807) is 0 Å². The minimum absolute atomic E-state index is 0.195. The van der Waals surface area contributed by atoms with E-state index >= 15 is 0 Å². The second-order valence-electron chi connectivity index (χ2n) is 2.34. The zero-order valence-electron chi connectivity index (χ0n) is 6.71. The van der Waals surface area contributed by atoms with E-state index in [1.165, 1.54) is 0 Å². The van der Waals surface area contributed by atoms with E-state index in [2.05, 4.69) is 15.9 Å². The largest absolute Gasteiger partial charge is 0.490 e. The van der Waals surface area contributed by atoms with Gasteiger partial charge in [0.2, 0.25) is 0 Å². The molecule has 0 N–H and O–H groups in total. The van der Waals surface area contributed by atoms with Crippen LogP contribution in [0.3, 0.4) is 0 Å². The van der Waals surface area contributed by atoms with Crippen molar-refractivity contribution < 1.29 is 4.74 Å². The van der Waals surface area contributed by atoms with E-state index in [0.29, 0.717) is 5.75 Å². The summed E-state index contributed by atoms with van der Waals surface area (Å²) in [7, 11) is 0. The van der Waals surface area contributed by atoms with Gasteiger partial charge in [0.1, 0.15) is 12.4 Å². The van der Waals surface area contributed by atoms with Crippen LogP contribution in [0.15, 0.2) is 28.7 Å². The van der Waals surface area contributed by atoms with Crippen LogP contribution in [0.5, 0.6) is 5.75 Å². The normalized spacial score (nSPS) is 11.8. The molecule has 13 heavy (non-hydrogen) atoms. The van der Waals surface area contributed by atoms with Crippen LogP contribution in [0.1, 0.15) is 0 Å². The predicted octanol–water partition coefficient (Wildman–Crippen LogP) is 2.96. The summed E-state index contributed by atoms with van der Waals surface area (Å²) in [6.45, 7) is 0.195. The number of benzene rings is 1. The highest BCUT2D eigenvalue weighted by Gasteiger charge is 2.04. The van der Waals surface area contributed by atoms with Crippen molar-refractivity contribution >= 4 is 27.5 Å². The number of para-hydroxylation sites is 1. The smallest absolute Gasteiger partial charge is 0.154 e. The van der Waals surface area contributed by atoms with Crippen molar-refractivity contribution in [3.8, 4) is 11.8 Å². The van der Waals surface area contributed by atoms with Gasteiger partial charge < -0.3 is 4.74 Å². The van der Waals surface area contributed by atoms with Crippen LogP contribution < -0.4 is 4.74 Å². The van der Waals surface area contributed by atoms with Crippen molar-refractivity contribution in [2.75, 3.05) is 6.61 Å². The number of nitriles is 1. The maximum absolute atomic E-state index is 8.41. The maximum Gasteiger partial charge on any atom is 0.154 e. The Bertz CT molecular complexity index is 324. The minimum atomic E-state index is -0.605. The van der Waals surface area contributed by atoms with Gasteiger partial charge in [0.25, 0.3) is 0 Å². The monoisotopic (exact) mass is 259 g/mol. The molecule has 1 atom stereocenters. The minimum Gasteiger partial charge on any atom is -0.490 e. The van der Waals surface area contributed by atoms with Crippen LogP contribution >= 0.6 is 27.5 Å². The predicted molar refractivity (Wildman–Crippen MR) is 54.9 cm³/mol. The first-order valence-electron chi connectivity index (χ1n) is 3.65.